The van der Waals surface area contributed by atoms with E-state index < -0.39 is 41.7 Å². The first-order valence-electron chi connectivity index (χ1n) is 20.9. The second kappa shape index (κ2) is 20.6. The van der Waals surface area contributed by atoms with E-state index in [0.29, 0.717) is 0 Å². The zero-order valence-corrected chi connectivity index (χ0v) is 42.8. The summed E-state index contributed by atoms with van der Waals surface area (Å²) in [7, 11) is 19.7. The monoisotopic (exact) mass is 926 g/mol. The molecule has 10 rings (SSSR count). The first kappa shape index (κ1) is 47.3. The summed E-state index contributed by atoms with van der Waals surface area (Å²) < 4.78 is 0. The van der Waals surface area contributed by atoms with E-state index in [9.17, 15) is 0 Å². The molecule has 0 spiro atoms. The molecular formula is C44H78Cl4Zr2. The molecule has 0 aliphatic heterocycles. The summed E-state index contributed by atoms with van der Waals surface area (Å²) in [6.45, 7) is 33.6. The molecule has 0 nitrogen and oxygen atoms in total. The van der Waals surface area contributed by atoms with Crippen LogP contribution in [-0.2, 0) is 41.7 Å². The number of hydrogen-bond acceptors (Lipinski definition) is 0. The Kier molecular flexibility index (Phi) is 19.5. The van der Waals surface area contributed by atoms with Crippen molar-refractivity contribution in [2.75, 3.05) is 0 Å². The summed E-state index contributed by atoms with van der Waals surface area (Å²) in [5.41, 5.74) is 1.46. The summed E-state index contributed by atoms with van der Waals surface area (Å²) in [6, 6.07) is 0. The molecule has 10 saturated carbocycles. The van der Waals surface area contributed by atoms with Gasteiger partial charge in [-0.25, -0.2) is 0 Å². The van der Waals surface area contributed by atoms with Crippen LogP contribution in [0.25, 0.3) is 0 Å². The van der Waals surface area contributed by atoms with E-state index in [-0.39, 0.29) is 0 Å². The predicted octanol–water partition coefficient (Wildman–Crippen LogP) is 16.0. The SMILES string of the molecule is CC1(C)C2CC3CCCC3C1C2.CC1(C)C2CC3CCCC3C1C2.CC1C(C)C(C)C(C)C1C.C[C]1[C](C)C(C)C(C)C1C.[Cl][Zr][Cl].[Cl][Zr][Cl]. The standard InChI is InChI=1S/2C12H20.C10H20.C10H18.4ClH.2Zr/c2*1-12(2)9-6-8-4-3-5-10(8)11(12)7-9;2*1-6-7(2)9(4)10(5)8(6)3;;;;;;/h2*8-11H,3-7H2,1-2H3;6-10H,1-5H3;6-8H,1-5H3;4*1H;;/q;;;;;;;;2*+2/p-4. The minimum absolute atomic E-state index is 0.728. The second-order valence-corrected chi connectivity index (χ2v) is 27.6. The molecule has 10 aliphatic rings. The molecule has 10 aliphatic carbocycles. The van der Waals surface area contributed by atoms with E-state index in [2.05, 4.69) is 96.9 Å². The van der Waals surface area contributed by atoms with Crippen molar-refractivity contribution in [2.24, 2.45) is 106 Å². The quantitative estimate of drug-likeness (QED) is 0.227. The van der Waals surface area contributed by atoms with Gasteiger partial charge in [0.05, 0.1) is 0 Å². The summed E-state index contributed by atoms with van der Waals surface area (Å²) in [6.07, 6.45) is 15.6. The maximum absolute atomic E-state index is 4.93. The molecule has 290 valence electrons. The van der Waals surface area contributed by atoms with Crippen molar-refractivity contribution in [2.45, 2.75) is 161 Å². The van der Waals surface area contributed by atoms with Gasteiger partial charge < -0.3 is 0 Å². The molecule has 0 aromatic carbocycles. The van der Waals surface area contributed by atoms with Crippen LogP contribution in [0.4, 0.5) is 0 Å². The van der Waals surface area contributed by atoms with E-state index in [1.807, 2.05) is 0 Å². The van der Waals surface area contributed by atoms with Crippen molar-refractivity contribution in [1.29, 1.82) is 0 Å². The van der Waals surface area contributed by atoms with Gasteiger partial charge in [0.25, 0.3) is 0 Å². The van der Waals surface area contributed by atoms with Crippen LogP contribution in [0, 0.1) is 117 Å². The van der Waals surface area contributed by atoms with Gasteiger partial charge in [0.2, 0.25) is 0 Å². The van der Waals surface area contributed by atoms with Crippen LogP contribution in [-0.4, -0.2) is 0 Å². The van der Waals surface area contributed by atoms with Gasteiger partial charge in [0.1, 0.15) is 0 Å². The normalized spacial score (nSPS) is 46.8. The molecule has 10 atom stereocenters. The second-order valence-electron chi connectivity index (χ2n) is 20.1. The van der Waals surface area contributed by atoms with Gasteiger partial charge in [-0.3, -0.25) is 0 Å². The van der Waals surface area contributed by atoms with Crippen LogP contribution in [0.2, 0.25) is 0 Å². The molecule has 0 saturated heterocycles. The molecule has 0 N–H and O–H groups in total. The van der Waals surface area contributed by atoms with Gasteiger partial charge in [0, 0.05) is 0 Å². The minimum atomic E-state index is -0.826. The van der Waals surface area contributed by atoms with Crippen LogP contribution in [0.1, 0.15) is 161 Å². The molecule has 10 fully saturated rings. The van der Waals surface area contributed by atoms with E-state index in [1.54, 1.807) is 63.2 Å². The van der Waals surface area contributed by atoms with Gasteiger partial charge >= 0.3 is 75.7 Å². The molecule has 0 aromatic heterocycles. The third-order valence-electron chi connectivity index (χ3n) is 18.4. The van der Waals surface area contributed by atoms with Crippen molar-refractivity contribution >= 4 is 34.1 Å². The summed E-state index contributed by atoms with van der Waals surface area (Å²) in [4.78, 5) is 0. The molecule has 6 heteroatoms. The number of rotatable bonds is 0. The fraction of sp³-hybridized carbons (Fsp3) is 0.955. The Labute approximate surface area is 350 Å². The average Bonchev–Trinajstić information content (AvgIpc) is 3.85. The zero-order chi connectivity index (χ0) is 37.9. The van der Waals surface area contributed by atoms with E-state index in [4.69, 9.17) is 34.1 Å². The first-order valence-corrected chi connectivity index (χ1v) is 33.6. The topological polar surface area (TPSA) is 0 Å². The van der Waals surface area contributed by atoms with Crippen molar-refractivity contribution in [3.05, 3.63) is 11.8 Å². The first-order chi connectivity index (χ1) is 23.3. The van der Waals surface area contributed by atoms with Crippen molar-refractivity contribution in [1.82, 2.24) is 0 Å². The number of hydrogen-bond donors (Lipinski definition) is 0. The van der Waals surface area contributed by atoms with Crippen molar-refractivity contribution in [3.63, 3.8) is 0 Å². The third-order valence-corrected chi connectivity index (χ3v) is 18.4. The van der Waals surface area contributed by atoms with E-state index in [1.165, 1.54) is 12.8 Å². The van der Waals surface area contributed by atoms with Gasteiger partial charge in [-0.15, -0.1) is 0 Å². The molecule has 0 amide bonds. The molecule has 2 radical (unpaired) electrons. The van der Waals surface area contributed by atoms with Gasteiger partial charge in [-0.1, -0.05) is 123 Å². The molecule has 0 aromatic rings. The zero-order valence-electron chi connectivity index (χ0n) is 34.8. The summed E-state index contributed by atoms with van der Waals surface area (Å²) >= 11 is -1.65. The Morgan fingerprint density at radius 2 is 0.740 bits per heavy atom. The fourth-order valence-electron chi connectivity index (χ4n) is 13.2. The van der Waals surface area contributed by atoms with Crippen LogP contribution < -0.4 is 0 Å². The average molecular weight is 931 g/mol. The Morgan fingerprint density at radius 1 is 0.460 bits per heavy atom. The molecule has 50 heavy (non-hydrogen) atoms. The summed E-state index contributed by atoms with van der Waals surface area (Å²) in [5, 5.41) is 0. The molecule has 0 heterocycles. The van der Waals surface area contributed by atoms with Crippen LogP contribution in [0.15, 0.2) is 0 Å². The van der Waals surface area contributed by atoms with Crippen LogP contribution >= 0.6 is 34.1 Å². The van der Waals surface area contributed by atoms with Gasteiger partial charge in [-0.2, -0.15) is 0 Å². The third kappa shape index (κ3) is 10.3. The molecular weight excluding hydrogens is 853 g/mol. The molecule has 4 bridgehead atoms. The Balaban J connectivity index is 0.000000172. The van der Waals surface area contributed by atoms with Gasteiger partial charge in [-0.05, 0) is 156 Å². The van der Waals surface area contributed by atoms with E-state index >= 15 is 0 Å². The van der Waals surface area contributed by atoms with Crippen LogP contribution in [0.5, 0.6) is 0 Å². The number of halogens is 4. The maximum atomic E-state index is 4.93. The Hall–Kier alpha value is 2.93. The summed E-state index contributed by atoms with van der Waals surface area (Å²) in [5.74, 6) is 19.4. The fourth-order valence-corrected chi connectivity index (χ4v) is 13.2. The van der Waals surface area contributed by atoms with Crippen molar-refractivity contribution < 1.29 is 41.7 Å². The van der Waals surface area contributed by atoms with Gasteiger partial charge in [0.15, 0.2) is 0 Å². The molecule has 10 unspecified atom stereocenters. The predicted molar refractivity (Wildman–Crippen MR) is 216 cm³/mol. The Morgan fingerprint density at radius 3 is 0.960 bits per heavy atom. The van der Waals surface area contributed by atoms with Crippen LogP contribution in [0.3, 0.4) is 0 Å². The van der Waals surface area contributed by atoms with Crippen molar-refractivity contribution in [3.8, 4) is 0 Å². The van der Waals surface area contributed by atoms with E-state index in [0.717, 1.165) is 106 Å². The Bertz CT molecular complexity index is 837.